The molecule has 0 atom stereocenters. The van der Waals surface area contributed by atoms with Crippen LogP contribution in [-0.4, -0.2) is 39.0 Å². The van der Waals surface area contributed by atoms with Crippen LogP contribution in [0.2, 0.25) is 0 Å². The second-order valence-corrected chi connectivity index (χ2v) is 10.5. The van der Waals surface area contributed by atoms with Gasteiger partial charge in [0.05, 0.1) is 27.4 Å². The zero-order chi connectivity index (χ0) is 29.1. The fourth-order valence-electron chi connectivity index (χ4n) is 4.09. The molecule has 0 unspecified atom stereocenters. The SMILES string of the molecule is O=C1S/C(=C\c2cc(Br)ccc2Oc2ccc([N+](=O)[O-])cc2[N+](=O)[O-])C(=O)N1CCOc1cccc2ccccc12. The Hall–Kier alpha value is -4.75. The lowest BCUT2D eigenvalue weighted by atomic mass is 10.1. The van der Waals surface area contributed by atoms with E-state index in [0.717, 1.165) is 45.6 Å². The van der Waals surface area contributed by atoms with Crippen molar-refractivity contribution in [2.75, 3.05) is 13.2 Å². The van der Waals surface area contributed by atoms with Gasteiger partial charge in [0.1, 0.15) is 18.1 Å². The molecule has 2 amide bonds. The highest BCUT2D eigenvalue weighted by Gasteiger charge is 2.35. The number of ether oxygens (including phenoxy) is 2. The summed E-state index contributed by atoms with van der Waals surface area (Å²) in [6.07, 6.45) is 1.45. The Morgan fingerprint density at radius 1 is 0.878 bits per heavy atom. The number of carbonyl (C=O) groups is 2. The van der Waals surface area contributed by atoms with Gasteiger partial charge >= 0.3 is 5.69 Å². The number of nitro groups is 2. The van der Waals surface area contributed by atoms with Gasteiger partial charge in [-0.1, -0.05) is 52.3 Å². The van der Waals surface area contributed by atoms with Crippen LogP contribution in [0.15, 0.2) is 88.2 Å². The summed E-state index contributed by atoms with van der Waals surface area (Å²) in [5, 5.41) is 24.1. The van der Waals surface area contributed by atoms with E-state index in [-0.39, 0.29) is 29.6 Å². The van der Waals surface area contributed by atoms with E-state index < -0.39 is 32.4 Å². The van der Waals surface area contributed by atoms with Gasteiger partial charge in [-0.2, -0.15) is 0 Å². The summed E-state index contributed by atoms with van der Waals surface area (Å²) in [4.78, 5) is 48.1. The van der Waals surface area contributed by atoms with Crippen LogP contribution < -0.4 is 9.47 Å². The number of benzene rings is 4. The van der Waals surface area contributed by atoms with Crippen LogP contribution in [0.4, 0.5) is 16.2 Å². The van der Waals surface area contributed by atoms with Gasteiger partial charge in [0.25, 0.3) is 16.8 Å². The molecule has 0 bridgehead atoms. The van der Waals surface area contributed by atoms with Crippen LogP contribution >= 0.6 is 27.7 Å². The van der Waals surface area contributed by atoms with E-state index in [1.54, 1.807) is 12.1 Å². The first kappa shape index (κ1) is 27.8. The van der Waals surface area contributed by atoms with Crippen molar-refractivity contribution in [1.29, 1.82) is 0 Å². The van der Waals surface area contributed by atoms with Crippen LogP contribution in [0.25, 0.3) is 16.8 Å². The lowest BCUT2D eigenvalue weighted by Gasteiger charge is -2.14. The quantitative estimate of drug-likeness (QED) is 0.105. The third-order valence-electron chi connectivity index (χ3n) is 6.02. The number of non-ortho nitro benzene ring substituents is 1. The van der Waals surface area contributed by atoms with Crippen LogP contribution in [0.3, 0.4) is 0 Å². The summed E-state index contributed by atoms with van der Waals surface area (Å²) >= 11 is 4.10. The monoisotopic (exact) mass is 635 g/mol. The second-order valence-electron chi connectivity index (χ2n) is 8.61. The number of nitrogens with zero attached hydrogens (tertiary/aromatic N) is 3. The molecule has 4 aromatic carbocycles. The zero-order valence-electron chi connectivity index (χ0n) is 20.9. The van der Waals surface area contributed by atoms with Crippen molar-refractivity contribution in [1.82, 2.24) is 4.90 Å². The molecule has 4 aromatic rings. The third kappa shape index (κ3) is 6.05. The molecule has 1 aliphatic rings. The first-order chi connectivity index (χ1) is 19.7. The summed E-state index contributed by atoms with van der Waals surface area (Å²) in [6.45, 7) is 0.121. The van der Waals surface area contributed by atoms with Gasteiger partial charge in [0.2, 0.25) is 5.75 Å². The topological polar surface area (TPSA) is 142 Å². The second kappa shape index (κ2) is 11.8. The van der Waals surface area contributed by atoms with Crippen molar-refractivity contribution in [3.8, 4) is 17.2 Å². The van der Waals surface area contributed by atoms with Crippen LogP contribution in [-0.2, 0) is 4.79 Å². The number of imide groups is 1. The van der Waals surface area contributed by atoms with Crippen LogP contribution in [0.5, 0.6) is 17.2 Å². The minimum absolute atomic E-state index is 0.0298. The number of halogens is 1. The first-order valence-electron chi connectivity index (χ1n) is 12.0. The third-order valence-corrected chi connectivity index (χ3v) is 7.42. The number of fused-ring (bicyclic) bond motifs is 1. The molecule has 206 valence electrons. The van der Waals surface area contributed by atoms with Gasteiger partial charge in [-0.25, -0.2) is 0 Å². The van der Waals surface area contributed by atoms with Gasteiger partial charge < -0.3 is 9.47 Å². The molecular formula is C28H18BrN3O8S. The molecule has 0 radical (unpaired) electrons. The zero-order valence-corrected chi connectivity index (χ0v) is 23.3. The summed E-state index contributed by atoms with van der Waals surface area (Å²) in [5.41, 5.74) is -0.706. The molecule has 13 heteroatoms. The summed E-state index contributed by atoms with van der Waals surface area (Å²) < 4.78 is 12.3. The number of carbonyl (C=O) groups excluding carboxylic acids is 2. The minimum Gasteiger partial charge on any atom is -0.491 e. The van der Waals surface area contributed by atoms with Crippen molar-refractivity contribution >= 4 is 67.1 Å². The Morgan fingerprint density at radius 3 is 2.41 bits per heavy atom. The molecule has 0 aromatic heterocycles. The average Bonchev–Trinajstić information content (AvgIpc) is 3.21. The Balaban J connectivity index is 1.35. The number of rotatable bonds is 9. The van der Waals surface area contributed by atoms with E-state index in [1.165, 1.54) is 12.1 Å². The molecule has 41 heavy (non-hydrogen) atoms. The predicted octanol–water partition coefficient (Wildman–Crippen LogP) is 7.33. The highest BCUT2D eigenvalue weighted by atomic mass is 79.9. The van der Waals surface area contributed by atoms with E-state index in [2.05, 4.69) is 15.9 Å². The number of amides is 2. The largest absolute Gasteiger partial charge is 0.491 e. The summed E-state index contributed by atoms with van der Waals surface area (Å²) in [6, 6.07) is 21.1. The Labute approximate surface area is 244 Å². The Morgan fingerprint density at radius 2 is 1.63 bits per heavy atom. The van der Waals surface area contributed by atoms with E-state index in [9.17, 15) is 29.8 Å². The van der Waals surface area contributed by atoms with E-state index in [4.69, 9.17) is 9.47 Å². The van der Waals surface area contributed by atoms with Gasteiger partial charge in [-0.15, -0.1) is 0 Å². The van der Waals surface area contributed by atoms with Crippen molar-refractivity contribution in [2.24, 2.45) is 0 Å². The molecule has 0 saturated carbocycles. The first-order valence-corrected chi connectivity index (χ1v) is 13.6. The molecule has 0 aliphatic carbocycles. The average molecular weight is 636 g/mol. The highest BCUT2D eigenvalue weighted by Crippen LogP contribution is 2.39. The van der Waals surface area contributed by atoms with Crippen LogP contribution in [0.1, 0.15) is 5.56 Å². The maximum Gasteiger partial charge on any atom is 0.318 e. The molecule has 0 spiro atoms. The Kier molecular flexibility index (Phi) is 7.99. The molecule has 5 rings (SSSR count). The van der Waals surface area contributed by atoms with Crippen molar-refractivity contribution < 1.29 is 28.9 Å². The minimum atomic E-state index is -0.785. The van der Waals surface area contributed by atoms with Crippen LogP contribution in [0, 0.1) is 20.2 Å². The fourth-order valence-corrected chi connectivity index (χ4v) is 5.33. The predicted molar refractivity (Wildman–Crippen MR) is 156 cm³/mol. The van der Waals surface area contributed by atoms with E-state index in [0.29, 0.717) is 15.8 Å². The van der Waals surface area contributed by atoms with Gasteiger partial charge in [0, 0.05) is 21.5 Å². The maximum atomic E-state index is 13.1. The lowest BCUT2D eigenvalue weighted by molar-refractivity contribution is -0.394. The van der Waals surface area contributed by atoms with E-state index >= 15 is 0 Å². The standard InChI is InChI=1S/C28H18BrN3O8S/c29-19-8-10-23(40-25-11-9-20(31(35)36)16-22(25)32(37)38)18(14-19)15-26-27(33)30(28(34)41-26)12-13-39-24-7-3-5-17-4-1-2-6-21(17)24/h1-11,14-16H,12-13H2/b26-15-. The molecule has 1 aliphatic heterocycles. The fraction of sp³-hybridized carbons (Fsp3) is 0.0714. The number of hydrogen-bond donors (Lipinski definition) is 0. The Bertz CT molecular complexity index is 1750. The molecule has 0 N–H and O–H groups in total. The van der Waals surface area contributed by atoms with Gasteiger partial charge in [-0.3, -0.25) is 34.7 Å². The van der Waals surface area contributed by atoms with Crippen molar-refractivity contribution in [3.63, 3.8) is 0 Å². The molecule has 1 saturated heterocycles. The molecule has 1 fully saturated rings. The normalized spacial score (nSPS) is 14.1. The van der Waals surface area contributed by atoms with Gasteiger partial charge in [0.15, 0.2) is 0 Å². The van der Waals surface area contributed by atoms with Crippen molar-refractivity contribution in [3.05, 3.63) is 114 Å². The van der Waals surface area contributed by atoms with Gasteiger partial charge in [-0.05, 0) is 53.6 Å². The molecule has 11 nitrogen and oxygen atoms in total. The molecule has 1 heterocycles. The van der Waals surface area contributed by atoms with Crippen molar-refractivity contribution in [2.45, 2.75) is 0 Å². The number of nitro benzene ring substituents is 2. The maximum absolute atomic E-state index is 13.1. The lowest BCUT2D eigenvalue weighted by Crippen LogP contribution is -2.32. The smallest absolute Gasteiger partial charge is 0.318 e. The highest BCUT2D eigenvalue weighted by molar-refractivity contribution is 9.10. The number of thioether (sulfide) groups is 1. The van der Waals surface area contributed by atoms with E-state index in [1.807, 2.05) is 42.5 Å². The molecular weight excluding hydrogens is 618 g/mol. The number of hydrogen-bond acceptors (Lipinski definition) is 9. The summed E-state index contributed by atoms with van der Waals surface area (Å²) in [5.74, 6) is 0.0307. The summed E-state index contributed by atoms with van der Waals surface area (Å²) in [7, 11) is 0.